The third-order valence-electron chi connectivity index (χ3n) is 7.63. The second-order valence-electron chi connectivity index (χ2n) is 10.5. The molecule has 1 N–H and O–H groups in total. The molecule has 5 aromatic rings. The zero-order valence-electron chi connectivity index (χ0n) is 25.3. The van der Waals surface area contributed by atoms with Crippen LogP contribution in [0.2, 0.25) is 0 Å². The molecule has 0 spiro atoms. The number of hydrogen-bond donors (Lipinski definition) is 1. The molecule has 0 fully saturated rings. The third-order valence-corrected chi connectivity index (χ3v) is 8.61. The van der Waals surface area contributed by atoms with Gasteiger partial charge in [0.15, 0.2) is 4.80 Å². The summed E-state index contributed by atoms with van der Waals surface area (Å²) in [7, 11) is 3.06. The molecular weight excluding hydrogens is 608 g/mol. The maximum atomic E-state index is 14.2. The van der Waals surface area contributed by atoms with Gasteiger partial charge in [0.05, 0.1) is 34.9 Å². The van der Waals surface area contributed by atoms with E-state index >= 15 is 0 Å². The molecule has 1 aliphatic heterocycles. The number of hydrogen-bond acceptors (Lipinski definition) is 9. The predicted molar refractivity (Wildman–Crippen MR) is 174 cm³/mol. The Kier molecular flexibility index (Phi) is 8.12. The van der Waals surface area contributed by atoms with Crippen molar-refractivity contribution in [2.75, 3.05) is 19.5 Å². The number of allylic oxidation sites excluding steroid dienone is 1. The number of nitrogens with one attached hydrogen (secondary N) is 1. The van der Waals surface area contributed by atoms with E-state index in [1.807, 2.05) is 25.1 Å². The number of ether oxygens (including phenoxy) is 2. The van der Waals surface area contributed by atoms with Gasteiger partial charge in [-0.2, -0.15) is 0 Å². The fraction of sp³-hybridized carbons (Fsp3) is 0.147. The lowest BCUT2D eigenvalue weighted by Gasteiger charge is -2.26. The smallest absolute Gasteiger partial charge is 0.271 e. The number of nitro groups is 1. The lowest BCUT2D eigenvalue weighted by Crippen LogP contribution is -2.40. The molecule has 0 bridgehead atoms. The number of benzene rings is 3. The number of aromatic nitrogens is 1. The summed E-state index contributed by atoms with van der Waals surface area (Å²) in [6.07, 6.45) is 1.60. The minimum Gasteiger partial charge on any atom is -0.497 e. The summed E-state index contributed by atoms with van der Waals surface area (Å²) in [6, 6.07) is 21.3. The van der Waals surface area contributed by atoms with Crippen LogP contribution >= 0.6 is 11.3 Å². The molecule has 0 aliphatic carbocycles. The van der Waals surface area contributed by atoms with Gasteiger partial charge in [-0.3, -0.25) is 24.3 Å². The maximum Gasteiger partial charge on any atom is 0.271 e. The monoisotopic (exact) mass is 636 g/mol. The van der Waals surface area contributed by atoms with Crippen LogP contribution in [0.4, 0.5) is 11.4 Å². The number of non-ortho nitro benzene ring substituents is 1. The van der Waals surface area contributed by atoms with Gasteiger partial charge in [-0.25, -0.2) is 4.99 Å². The lowest BCUT2D eigenvalue weighted by molar-refractivity contribution is -0.384. The number of rotatable bonds is 8. The lowest BCUT2D eigenvalue weighted by atomic mass is 9.94. The van der Waals surface area contributed by atoms with Crippen LogP contribution in [0, 0.1) is 17.0 Å². The number of carbonyl (C=O) groups excluding carboxylic acids is 1. The van der Waals surface area contributed by atoms with Crippen LogP contribution in [0.25, 0.3) is 17.4 Å². The van der Waals surface area contributed by atoms with Crippen LogP contribution in [0.1, 0.15) is 29.9 Å². The molecule has 1 atom stereocenters. The van der Waals surface area contributed by atoms with Gasteiger partial charge >= 0.3 is 0 Å². The SMILES string of the molecule is COc1ccc([C@H]2C(C(=O)Nc3ccccc3)=C(C)N=c3s/c(=C\c4ccc(-c5cc([N+](=O)[O-])ccc5C)o4)c(=O)n32)c(OC)c1. The summed E-state index contributed by atoms with van der Waals surface area (Å²) < 4.78 is 19.0. The average Bonchev–Trinajstić information content (AvgIpc) is 3.64. The minimum atomic E-state index is -0.873. The highest BCUT2D eigenvalue weighted by Gasteiger charge is 2.34. The van der Waals surface area contributed by atoms with Crippen molar-refractivity contribution >= 4 is 34.7 Å². The van der Waals surface area contributed by atoms with Crippen LogP contribution in [0.15, 0.2) is 104 Å². The molecule has 12 heteroatoms. The number of aryl methyl sites for hydroxylation is 1. The zero-order valence-corrected chi connectivity index (χ0v) is 26.1. The molecule has 0 radical (unpaired) electrons. The van der Waals surface area contributed by atoms with Gasteiger partial charge in [0, 0.05) is 41.1 Å². The average molecular weight is 637 g/mol. The number of carbonyl (C=O) groups is 1. The molecule has 1 aliphatic rings. The van der Waals surface area contributed by atoms with Crippen LogP contribution in [0.3, 0.4) is 0 Å². The number of para-hydroxylation sites is 1. The number of anilines is 1. The van der Waals surface area contributed by atoms with Gasteiger partial charge in [-0.15, -0.1) is 0 Å². The summed E-state index contributed by atoms with van der Waals surface area (Å²) in [5.74, 6) is 1.38. The molecule has 2 aromatic heterocycles. The van der Waals surface area contributed by atoms with E-state index in [-0.39, 0.29) is 16.8 Å². The van der Waals surface area contributed by atoms with Crippen molar-refractivity contribution in [2.24, 2.45) is 4.99 Å². The maximum absolute atomic E-state index is 14.2. The number of nitro benzene ring substituents is 1. The predicted octanol–water partition coefficient (Wildman–Crippen LogP) is 5.37. The fourth-order valence-electron chi connectivity index (χ4n) is 5.36. The molecule has 0 saturated carbocycles. The normalized spacial score (nSPS) is 14.4. The van der Waals surface area contributed by atoms with E-state index in [4.69, 9.17) is 13.9 Å². The summed E-state index contributed by atoms with van der Waals surface area (Å²) in [5, 5.41) is 14.3. The van der Waals surface area contributed by atoms with Crippen LogP contribution < -0.4 is 29.7 Å². The largest absolute Gasteiger partial charge is 0.497 e. The van der Waals surface area contributed by atoms with Crippen molar-refractivity contribution in [3.63, 3.8) is 0 Å². The first kappa shape index (κ1) is 30.3. The standard InChI is InChI=1S/C34H28N4O7S/c1-19-10-11-22(38(41)42)16-26(19)27-15-13-24(45-27)18-29-33(40)37-31(25-14-12-23(43-3)17-28(25)44-4)30(20(2)35-34(37)46-29)32(39)36-21-8-6-5-7-9-21/h5-18,31H,1-4H3,(H,36,39)/b29-18-/t31-/m0/s1. The Bertz CT molecular complexity index is 2210. The van der Waals surface area contributed by atoms with Crippen molar-refractivity contribution in [1.82, 2.24) is 4.57 Å². The van der Waals surface area contributed by atoms with E-state index in [9.17, 15) is 19.7 Å². The first-order valence-corrected chi connectivity index (χ1v) is 15.0. The van der Waals surface area contributed by atoms with Crippen molar-refractivity contribution in [2.45, 2.75) is 19.9 Å². The Labute approximate surface area is 266 Å². The summed E-state index contributed by atoms with van der Waals surface area (Å²) >= 11 is 1.16. The van der Waals surface area contributed by atoms with Gasteiger partial charge in [-0.05, 0) is 55.8 Å². The molecule has 46 heavy (non-hydrogen) atoms. The highest BCUT2D eigenvalue weighted by Crippen LogP contribution is 2.38. The molecule has 0 saturated heterocycles. The van der Waals surface area contributed by atoms with Crippen LogP contribution in [-0.2, 0) is 4.79 Å². The van der Waals surface area contributed by atoms with Crippen LogP contribution in [0.5, 0.6) is 11.5 Å². The Balaban J connectivity index is 1.48. The van der Waals surface area contributed by atoms with Gasteiger partial charge in [-0.1, -0.05) is 35.6 Å². The summed E-state index contributed by atoms with van der Waals surface area (Å²) in [4.78, 5) is 44.0. The number of amides is 1. The van der Waals surface area contributed by atoms with Crippen LogP contribution in [-0.4, -0.2) is 29.6 Å². The quantitative estimate of drug-likeness (QED) is 0.179. The van der Waals surface area contributed by atoms with Crippen molar-refractivity contribution in [1.29, 1.82) is 0 Å². The second kappa shape index (κ2) is 12.3. The highest BCUT2D eigenvalue weighted by atomic mass is 32.1. The molecule has 232 valence electrons. The topological polar surface area (TPSA) is 138 Å². The van der Waals surface area contributed by atoms with Gasteiger partial charge in [0.2, 0.25) is 0 Å². The zero-order chi connectivity index (χ0) is 32.5. The van der Waals surface area contributed by atoms with Gasteiger partial charge < -0.3 is 19.2 Å². The number of methoxy groups -OCH3 is 2. The molecule has 1 amide bonds. The molecule has 3 aromatic carbocycles. The fourth-order valence-corrected chi connectivity index (χ4v) is 6.39. The van der Waals surface area contributed by atoms with E-state index in [0.717, 1.165) is 16.9 Å². The van der Waals surface area contributed by atoms with Gasteiger partial charge in [0.25, 0.3) is 17.2 Å². The molecule has 3 heterocycles. The molecule has 0 unspecified atom stereocenters. The Morgan fingerprint density at radius 2 is 1.83 bits per heavy atom. The summed E-state index contributed by atoms with van der Waals surface area (Å²) in [5.41, 5.74) is 2.85. The van der Waals surface area contributed by atoms with E-state index in [2.05, 4.69) is 10.3 Å². The molecular formula is C34H28N4O7S. The van der Waals surface area contributed by atoms with E-state index in [0.29, 0.717) is 54.9 Å². The van der Waals surface area contributed by atoms with E-state index < -0.39 is 16.9 Å². The number of thiazole rings is 1. The number of nitrogens with zero attached hydrogens (tertiary/aromatic N) is 3. The molecule has 6 rings (SSSR count). The number of furan rings is 1. The molecule has 11 nitrogen and oxygen atoms in total. The van der Waals surface area contributed by atoms with Crippen molar-refractivity contribution < 1.29 is 23.6 Å². The Hall–Kier alpha value is -5.75. The highest BCUT2D eigenvalue weighted by molar-refractivity contribution is 7.07. The number of fused-ring (bicyclic) bond motifs is 1. The first-order valence-electron chi connectivity index (χ1n) is 14.1. The van der Waals surface area contributed by atoms with E-state index in [1.165, 1.54) is 23.8 Å². The minimum absolute atomic E-state index is 0.0525. The summed E-state index contributed by atoms with van der Waals surface area (Å²) in [6.45, 7) is 3.57. The van der Waals surface area contributed by atoms with Crippen molar-refractivity contribution in [3.8, 4) is 22.8 Å². The first-order chi connectivity index (χ1) is 22.2. The Morgan fingerprint density at radius 1 is 1.04 bits per heavy atom. The second-order valence-corrected chi connectivity index (χ2v) is 11.5. The van der Waals surface area contributed by atoms with E-state index in [1.54, 1.807) is 68.6 Å². The Morgan fingerprint density at radius 3 is 2.54 bits per heavy atom. The van der Waals surface area contributed by atoms with Gasteiger partial charge in [0.1, 0.15) is 29.1 Å². The van der Waals surface area contributed by atoms with Crippen molar-refractivity contribution in [3.05, 3.63) is 137 Å². The third kappa shape index (κ3) is 5.61.